The summed E-state index contributed by atoms with van der Waals surface area (Å²) in [5, 5.41) is 0. The van der Waals surface area contributed by atoms with Crippen LogP contribution in [-0.2, 0) is 0 Å². The van der Waals surface area contributed by atoms with Crippen LogP contribution in [0.3, 0.4) is 0 Å². The van der Waals surface area contributed by atoms with Gasteiger partial charge in [-0.3, -0.25) is 0 Å². The molecule has 0 amide bonds. The van der Waals surface area contributed by atoms with Crippen molar-refractivity contribution in [2.45, 2.75) is 60.0 Å². The maximum absolute atomic E-state index is 6.09. The normalized spacial score (nSPS) is 17.2. The number of nitrogens with zero attached hydrogens (tertiary/aromatic N) is 1. The molecule has 0 radical (unpaired) electrons. The van der Waals surface area contributed by atoms with Gasteiger partial charge in [-0.25, -0.2) is 0 Å². The van der Waals surface area contributed by atoms with Gasteiger partial charge in [0.25, 0.3) is 0 Å². The molecule has 0 aliphatic carbocycles. The Hall–Kier alpha value is -0.0800. The zero-order valence-corrected chi connectivity index (χ0v) is 11.7. The molecule has 15 heavy (non-hydrogen) atoms. The predicted octanol–water partition coefficient (Wildman–Crippen LogP) is 2.73. The van der Waals surface area contributed by atoms with Gasteiger partial charge < -0.3 is 10.6 Å². The summed E-state index contributed by atoms with van der Waals surface area (Å²) in [5.41, 5.74) is 6.34. The molecule has 0 bridgehead atoms. The second kappa shape index (κ2) is 5.86. The Labute approximate surface area is 96.2 Å². The molecule has 0 spiro atoms. The van der Waals surface area contributed by atoms with Gasteiger partial charge in [-0.2, -0.15) is 0 Å². The second-order valence-corrected chi connectivity index (χ2v) is 6.33. The lowest BCUT2D eigenvalue weighted by atomic mass is 9.82. The fourth-order valence-corrected chi connectivity index (χ4v) is 2.45. The highest BCUT2D eigenvalue weighted by molar-refractivity contribution is 4.87. The van der Waals surface area contributed by atoms with Crippen LogP contribution in [0.25, 0.3) is 0 Å². The van der Waals surface area contributed by atoms with Crippen LogP contribution < -0.4 is 5.73 Å². The summed E-state index contributed by atoms with van der Waals surface area (Å²) in [5.74, 6) is 0.765. The molecule has 0 aromatic heterocycles. The molecule has 0 saturated heterocycles. The highest BCUT2D eigenvalue weighted by Crippen LogP contribution is 2.25. The molecule has 0 aromatic rings. The number of nitrogens with two attached hydrogens (primary N) is 1. The molecular weight excluding hydrogens is 184 g/mol. The molecule has 0 aliphatic rings. The van der Waals surface area contributed by atoms with Crippen LogP contribution in [0.2, 0.25) is 0 Å². The van der Waals surface area contributed by atoms with Gasteiger partial charge in [0.05, 0.1) is 0 Å². The van der Waals surface area contributed by atoms with Crippen molar-refractivity contribution < 1.29 is 0 Å². The highest BCUT2D eigenvalue weighted by atomic mass is 15.2. The van der Waals surface area contributed by atoms with Crippen molar-refractivity contribution in [3.63, 3.8) is 0 Å². The smallest absolute Gasteiger partial charge is 0.0289 e. The molecular formula is C13H30N2. The van der Waals surface area contributed by atoms with Crippen molar-refractivity contribution in [3.05, 3.63) is 0 Å². The van der Waals surface area contributed by atoms with E-state index < -0.39 is 0 Å². The van der Waals surface area contributed by atoms with Crippen LogP contribution in [0, 0.1) is 11.3 Å². The van der Waals surface area contributed by atoms with E-state index in [1.54, 1.807) is 0 Å². The van der Waals surface area contributed by atoms with E-state index in [1.165, 1.54) is 6.42 Å². The summed E-state index contributed by atoms with van der Waals surface area (Å²) >= 11 is 0. The Morgan fingerprint density at radius 1 is 1.13 bits per heavy atom. The minimum atomic E-state index is 0.224. The van der Waals surface area contributed by atoms with Crippen LogP contribution in [-0.4, -0.2) is 30.6 Å². The Morgan fingerprint density at radius 3 is 1.87 bits per heavy atom. The van der Waals surface area contributed by atoms with Crippen LogP contribution >= 0.6 is 0 Å². The SMILES string of the molecule is CC(C)CCN(C)C(C(C)N)C(C)(C)C. The van der Waals surface area contributed by atoms with Crippen molar-refractivity contribution in [3.8, 4) is 0 Å². The van der Waals surface area contributed by atoms with Gasteiger partial charge in [0.1, 0.15) is 0 Å². The van der Waals surface area contributed by atoms with E-state index in [-0.39, 0.29) is 11.5 Å². The summed E-state index contributed by atoms with van der Waals surface area (Å²) in [7, 11) is 2.20. The van der Waals surface area contributed by atoms with E-state index in [0.717, 1.165) is 12.5 Å². The molecule has 0 fully saturated rings. The molecule has 0 rings (SSSR count). The van der Waals surface area contributed by atoms with Crippen LogP contribution in [0.15, 0.2) is 0 Å². The van der Waals surface area contributed by atoms with Gasteiger partial charge >= 0.3 is 0 Å². The molecule has 2 N–H and O–H groups in total. The fraction of sp³-hybridized carbons (Fsp3) is 1.00. The summed E-state index contributed by atoms with van der Waals surface area (Å²) in [6, 6.07) is 0.679. The molecule has 0 aromatic carbocycles. The molecule has 2 nitrogen and oxygen atoms in total. The van der Waals surface area contributed by atoms with Gasteiger partial charge in [-0.15, -0.1) is 0 Å². The number of hydrogen-bond acceptors (Lipinski definition) is 2. The van der Waals surface area contributed by atoms with Gasteiger partial charge in [-0.05, 0) is 38.3 Å². The third-order valence-corrected chi connectivity index (χ3v) is 2.92. The van der Waals surface area contributed by atoms with E-state index >= 15 is 0 Å². The van der Waals surface area contributed by atoms with Gasteiger partial charge in [0, 0.05) is 12.1 Å². The fourth-order valence-electron chi connectivity index (χ4n) is 2.45. The minimum Gasteiger partial charge on any atom is -0.327 e. The summed E-state index contributed by atoms with van der Waals surface area (Å²) < 4.78 is 0. The maximum Gasteiger partial charge on any atom is 0.0289 e. The van der Waals surface area contributed by atoms with Gasteiger partial charge in [0.15, 0.2) is 0 Å². The first kappa shape index (κ1) is 14.9. The van der Waals surface area contributed by atoms with Crippen molar-refractivity contribution in [1.82, 2.24) is 4.90 Å². The lowest BCUT2D eigenvalue weighted by Gasteiger charge is -2.41. The van der Waals surface area contributed by atoms with E-state index in [9.17, 15) is 0 Å². The number of likely N-dealkylation sites (N-methyl/N-ethyl adjacent to an activating group) is 1. The third kappa shape index (κ3) is 5.53. The number of hydrogen-bond donors (Lipinski definition) is 1. The van der Waals surface area contributed by atoms with Crippen molar-refractivity contribution in [1.29, 1.82) is 0 Å². The Bertz CT molecular complexity index is 168. The lowest BCUT2D eigenvalue weighted by Crippen LogP contribution is -2.52. The zero-order valence-electron chi connectivity index (χ0n) is 11.7. The molecule has 2 atom stereocenters. The molecule has 2 heteroatoms. The van der Waals surface area contributed by atoms with E-state index in [0.29, 0.717) is 6.04 Å². The molecule has 0 heterocycles. The molecule has 0 aliphatic heterocycles. The Kier molecular flexibility index (Phi) is 5.82. The summed E-state index contributed by atoms with van der Waals surface area (Å²) in [4.78, 5) is 2.42. The average molecular weight is 214 g/mol. The monoisotopic (exact) mass is 214 g/mol. The highest BCUT2D eigenvalue weighted by Gasteiger charge is 2.30. The van der Waals surface area contributed by atoms with Crippen molar-refractivity contribution in [2.75, 3.05) is 13.6 Å². The summed E-state index contributed by atoms with van der Waals surface area (Å²) in [6.07, 6.45) is 1.25. The first-order chi connectivity index (χ1) is 6.66. The van der Waals surface area contributed by atoms with E-state index in [4.69, 9.17) is 5.73 Å². The Morgan fingerprint density at radius 2 is 1.60 bits per heavy atom. The summed E-state index contributed by atoms with van der Waals surface area (Å²) in [6.45, 7) is 14.6. The zero-order chi connectivity index (χ0) is 12.2. The van der Waals surface area contributed by atoms with E-state index in [2.05, 4.69) is 53.5 Å². The quantitative estimate of drug-likeness (QED) is 0.762. The molecule has 92 valence electrons. The second-order valence-electron chi connectivity index (χ2n) is 6.33. The van der Waals surface area contributed by atoms with Gasteiger partial charge in [0.2, 0.25) is 0 Å². The maximum atomic E-state index is 6.09. The standard InChI is InChI=1S/C13H30N2/c1-10(2)8-9-15(7)12(11(3)14)13(4,5)6/h10-12H,8-9,14H2,1-7H3. The lowest BCUT2D eigenvalue weighted by molar-refractivity contribution is 0.102. The van der Waals surface area contributed by atoms with Crippen LogP contribution in [0.5, 0.6) is 0 Å². The minimum absolute atomic E-state index is 0.224. The van der Waals surface area contributed by atoms with Crippen LogP contribution in [0.4, 0.5) is 0 Å². The van der Waals surface area contributed by atoms with Crippen LogP contribution in [0.1, 0.15) is 48.0 Å². The topological polar surface area (TPSA) is 29.3 Å². The van der Waals surface area contributed by atoms with E-state index in [1.807, 2.05) is 0 Å². The molecule has 0 saturated carbocycles. The largest absolute Gasteiger partial charge is 0.327 e. The first-order valence-electron chi connectivity index (χ1n) is 6.12. The Balaban J connectivity index is 4.37. The molecule has 2 unspecified atom stereocenters. The first-order valence-corrected chi connectivity index (χ1v) is 6.12. The predicted molar refractivity (Wildman–Crippen MR) is 69.0 cm³/mol. The number of rotatable bonds is 5. The third-order valence-electron chi connectivity index (χ3n) is 2.92. The van der Waals surface area contributed by atoms with Crippen molar-refractivity contribution >= 4 is 0 Å². The van der Waals surface area contributed by atoms with Gasteiger partial charge in [-0.1, -0.05) is 34.6 Å². The average Bonchev–Trinajstić information content (AvgIpc) is 1.96. The van der Waals surface area contributed by atoms with Crippen molar-refractivity contribution in [2.24, 2.45) is 17.1 Å².